The van der Waals surface area contributed by atoms with Crippen LogP contribution in [0.15, 0.2) is 16.6 Å². The molecule has 0 atom stereocenters. The normalized spacial score (nSPS) is 11.0. The fraction of sp³-hybridized carbons (Fsp3) is 0.625. The van der Waals surface area contributed by atoms with Gasteiger partial charge in [-0.15, -0.1) is 0 Å². The van der Waals surface area contributed by atoms with Gasteiger partial charge in [0.15, 0.2) is 11.5 Å². The SMILES string of the molecule is COc1cc(CCN)cc(Br)c1OCCOCCC(C)C. The Bertz CT molecular complexity index is 424. The van der Waals surface area contributed by atoms with Crippen LogP contribution in [0.3, 0.4) is 0 Å². The molecule has 4 nitrogen and oxygen atoms in total. The molecule has 0 aromatic heterocycles. The van der Waals surface area contributed by atoms with E-state index in [0.717, 1.165) is 35.2 Å². The van der Waals surface area contributed by atoms with Crippen LogP contribution < -0.4 is 15.2 Å². The third-order valence-corrected chi connectivity index (χ3v) is 3.62. The molecule has 0 fully saturated rings. The van der Waals surface area contributed by atoms with E-state index < -0.39 is 0 Å². The van der Waals surface area contributed by atoms with E-state index in [0.29, 0.717) is 31.4 Å². The number of hydrogen-bond acceptors (Lipinski definition) is 4. The Morgan fingerprint density at radius 2 is 1.95 bits per heavy atom. The number of nitrogens with two attached hydrogens (primary N) is 1. The summed E-state index contributed by atoms with van der Waals surface area (Å²) < 4.78 is 17.6. The summed E-state index contributed by atoms with van der Waals surface area (Å²) in [6.07, 6.45) is 1.88. The van der Waals surface area contributed by atoms with E-state index in [9.17, 15) is 0 Å². The zero-order valence-electron chi connectivity index (χ0n) is 13.2. The molecule has 0 spiro atoms. The van der Waals surface area contributed by atoms with E-state index in [1.165, 1.54) is 0 Å². The first kappa shape index (κ1) is 18.3. The lowest BCUT2D eigenvalue weighted by Gasteiger charge is -2.14. The number of rotatable bonds is 10. The molecule has 0 aliphatic carbocycles. The molecule has 0 unspecified atom stereocenters. The van der Waals surface area contributed by atoms with E-state index in [4.69, 9.17) is 19.9 Å². The highest BCUT2D eigenvalue weighted by Gasteiger charge is 2.11. The minimum atomic E-state index is 0.503. The summed E-state index contributed by atoms with van der Waals surface area (Å²) >= 11 is 3.52. The molecule has 0 aliphatic rings. The molecule has 1 rings (SSSR count). The average molecular weight is 360 g/mol. The molecule has 5 heteroatoms. The zero-order chi connectivity index (χ0) is 15.7. The first-order valence-electron chi connectivity index (χ1n) is 7.35. The van der Waals surface area contributed by atoms with Crippen LogP contribution in [0.5, 0.6) is 11.5 Å². The topological polar surface area (TPSA) is 53.7 Å². The molecule has 0 saturated carbocycles. The molecule has 1 aromatic carbocycles. The molecule has 0 aliphatic heterocycles. The fourth-order valence-electron chi connectivity index (χ4n) is 1.85. The molecule has 0 bridgehead atoms. The van der Waals surface area contributed by atoms with Gasteiger partial charge in [-0.3, -0.25) is 0 Å². The Hall–Kier alpha value is -0.780. The Morgan fingerprint density at radius 3 is 2.57 bits per heavy atom. The molecule has 2 N–H and O–H groups in total. The van der Waals surface area contributed by atoms with Crippen LogP contribution in [0.4, 0.5) is 0 Å². The van der Waals surface area contributed by atoms with Gasteiger partial charge < -0.3 is 19.9 Å². The van der Waals surface area contributed by atoms with Crippen molar-refractivity contribution in [2.24, 2.45) is 11.7 Å². The van der Waals surface area contributed by atoms with Crippen molar-refractivity contribution in [1.82, 2.24) is 0 Å². The lowest BCUT2D eigenvalue weighted by Crippen LogP contribution is -2.10. The zero-order valence-corrected chi connectivity index (χ0v) is 14.7. The predicted molar refractivity (Wildman–Crippen MR) is 89.2 cm³/mol. The third-order valence-electron chi connectivity index (χ3n) is 3.04. The van der Waals surface area contributed by atoms with Crippen LogP contribution in [0.1, 0.15) is 25.8 Å². The molecular formula is C16H26BrNO3. The lowest BCUT2D eigenvalue weighted by atomic mass is 10.1. The van der Waals surface area contributed by atoms with Gasteiger partial charge in [-0.2, -0.15) is 0 Å². The molecule has 0 saturated heterocycles. The van der Waals surface area contributed by atoms with Crippen LogP contribution in [0.2, 0.25) is 0 Å². The molecule has 0 heterocycles. The quantitative estimate of drug-likeness (QED) is 0.650. The summed E-state index contributed by atoms with van der Waals surface area (Å²) in [4.78, 5) is 0. The Labute approximate surface area is 136 Å². The third kappa shape index (κ3) is 6.68. The number of ether oxygens (including phenoxy) is 3. The van der Waals surface area contributed by atoms with Crippen LogP contribution in [-0.4, -0.2) is 33.5 Å². The van der Waals surface area contributed by atoms with Crippen molar-refractivity contribution in [2.75, 3.05) is 33.5 Å². The maximum Gasteiger partial charge on any atom is 0.175 e. The predicted octanol–water partition coefficient (Wildman–Crippen LogP) is 3.40. The van der Waals surface area contributed by atoms with Crippen molar-refractivity contribution in [3.8, 4) is 11.5 Å². The van der Waals surface area contributed by atoms with Crippen molar-refractivity contribution < 1.29 is 14.2 Å². The smallest absolute Gasteiger partial charge is 0.175 e. The monoisotopic (exact) mass is 359 g/mol. The van der Waals surface area contributed by atoms with Crippen LogP contribution in [0, 0.1) is 5.92 Å². The second-order valence-electron chi connectivity index (χ2n) is 5.29. The second kappa shape index (κ2) is 10.0. The number of benzene rings is 1. The van der Waals surface area contributed by atoms with Gasteiger partial charge in [0.05, 0.1) is 18.2 Å². The van der Waals surface area contributed by atoms with E-state index in [1.807, 2.05) is 12.1 Å². The first-order chi connectivity index (χ1) is 10.1. The minimum Gasteiger partial charge on any atom is -0.493 e. The Kier molecular flexibility index (Phi) is 8.73. The van der Waals surface area contributed by atoms with Crippen molar-refractivity contribution in [1.29, 1.82) is 0 Å². The number of methoxy groups -OCH3 is 1. The standard InChI is InChI=1S/C16H26BrNO3/c1-12(2)5-7-20-8-9-21-16-14(17)10-13(4-6-18)11-15(16)19-3/h10-12H,4-9,18H2,1-3H3. The fourth-order valence-corrected chi connectivity index (χ4v) is 2.45. The van der Waals surface area contributed by atoms with Gasteiger partial charge in [0, 0.05) is 6.61 Å². The summed E-state index contributed by atoms with van der Waals surface area (Å²) in [6, 6.07) is 3.98. The molecule has 1 aromatic rings. The van der Waals surface area contributed by atoms with Gasteiger partial charge in [0.25, 0.3) is 0 Å². The van der Waals surface area contributed by atoms with Gasteiger partial charge in [-0.05, 0) is 58.9 Å². The molecular weight excluding hydrogens is 334 g/mol. The first-order valence-corrected chi connectivity index (χ1v) is 8.14. The minimum absolute atomic E-state index is 0.503. The van der Waals surface area contributed by atoms with E-state index in [1.54, 1.807) is 7.11 Å². The highest BCUT2D eigenvalue weighted by molar-refractivity contribution is 9.10. The Balaban J connectivity index is 2.50. The van der Waals surface area contributed by atoms with Crippen molar-refractivity contribution in [3.05, 3.63) is 22.2 Å². The summed E-state index contributed by atoms with van der Waals surface area (Å²) in [5.41, 5.74) is 6.71. The van der Waals surface area contributed by atoms with Crippen LogP contribution in [0.25, 0.3) is 0 Å². The summed E-state index contributed by atoms with van der Waals surface area (Å²) in [7, 11) is 1.64. The van der Waals surface area contributed by atoms with Crippen molar-refractivity contribution >= 4 is 15.9 Å². The van der Waals surface area contributed by atoms with E-state index >= 15 is 0 Å². The number of halogens is 1. The van der Waals surface area contributed by atoms with Gasteiger partial charge >= 0.3 is 0 Å². The van der Waals surface area contributed by atoms with Gasteiger partial charge in [0.2, 0.25) is 0 Å². The highest BCUT2D eigenvalue weighted by atomic mass is 79.9. The number of hydrogen-bond donors (Lipinski definition) is 1. The van der Waals surface area contributed by atoms with Crippen LogP contribution >= 0.6 is 15.9 Å². The molecule has 0 amide bonds. The van der Waals surface area contributed by atoms with Gasteiger partial charge in [-0.25, -0.2) is 0 Å². The van der Waals surface area contributed by atoms with Gasteiger partial charge in [-0.1, -0.05) is 13.8 Å². The second-order valence-corrected chi connectivity index (χ2v) is 6.15. The summed E-state index contributed by atoms with van der Waals surface area (Å²) in [6.45, 7) is 6.83. The Morgan fingerprint density at radius 1 is 1.19 bits per heavy atom. The van der Waals surface area contributed by atoms with Crippen LogP contribution in [-0.2, 0) is 11.2 Å². The molecule has 21 heavy (non-hydrogen) atoms. The van der Waals surface area contributed by atoms with E-state index in [-0.39, 0.29) is 0 Å². The van der Waals surface area contributed by atoms with Crippen molar-refractivity contribution in [2.45, 2.75) is 26.7 Å². The maximum absolute atomic E-state index is 5.77. The average Bonchev–Trinajstić information content (AvgIpc) is 2.44. The molecule has 120 valence electrons. The summed E-state index contributed by atoms with van der Waals surface area (Å²) in [5, 5.41) is 0. The van der Waals surface area contributed by atoms with E-state index in [2.05, 4.69) is 29.8 Å². The lowest BCUT2D eigenvalue weighted by molar-refractivity contribution is 0.0914. The molecule has 0 radical (unpaired) electrons. The largest absolute Gasteiger partial charge is 0.493 e. The highest BCUT2D eigenvalue weighted by Crippen LogP contribution is 2.36. The van der Waals surface area contributed by atoms with Gasteiger partial charge in [0.1, 0.15) is 6.61 Å². The van der Waals surface area contributed by atoms with Crippen molar-refractivity contribution in [3.63, 3.8) is 0 Å². The maximum atomic E-state index is 5.77. The summed E-state index contributed by atoms with van der Waals surface area (Å²) in [5.74, 6) is 2.09.